The molecular formula is C26H19Br2F10NO2. The van der Waals surface area contributed by atoms with Crippen molar-refractivity contribution in [1.29, 1.82) is 0 Å². The predicted molar refractivity (Wildman–Crippen MR) is 135 cm³/mol. The van der Waals surface area contributed by atoms with Crippen LogP contribution in [-0.2, 0) is 11.0 Å². The Hall–Kier alpha value is -2.42. The lowest BCUT2D eigenvalue weighted by Gasteiger charge is -2.24. The third kappa shape index (κ3) is 8.33. The van der Waals surface area contributed by atoms with Crippen LogP contribution < -0.4 is 0 Å². The number of nitrogens with zero attached hydrogens (tertiary/aromatic N) is 1. The summed E-state index contributed by atoms with van der Waals surface area (Å²) in [5.74, 6) is -6.47. The second-order valence-corrected chi connectivity index (χ2v) is 11.5. The van der Waals surface area contributed by atoms with Gasteiger partial charge in [-0.25, -0.2) is 4.39 Å². The number of alkyl halides is 9. The third-order valence-electron chi connectivity index (χ3n) is 6.38. The zero-order valence-corrected chi connectivity index (χ0v) is 23.9. The van der Waals surface area contributed by atoms with Crippen LogP contribution >= 0.6 is 31.9 Å². The number of hydrogen-bond acceptors (Lipinski definition) is 2. The van der Waals surface area contributed by atoms with Crippen molar-refractivity contribution in [2.24, 2.45) is 5.41 Å². The molecule has 2 aromatic carbocycles. The first-order valence-corrected chi connectivity index (χ1v) is 13.2. The van der Waals surface area contributed by atoms with Crippen molar-refractivity contribution in [3.63, 3.8) is 0 Å². The molecule has 0 aromatic heterocycles. The van der Waals surface area contributed by atoms with Crippen LogP contribution in [0.3, 0.4) is 0 Å². The largest absolute Gasteiger partial charge is 0.417 e. The van der Waals surface area contributed by atoms with Crippen molar-refractivity contribution >= 4 is 49.4 Å². The molecule has 2 aromatic rings. The fourth-order valence-corrected chi connectivity index (χ4v) is 5.64. The summed E-state index contributed by atoms with van der Waals surface area (Å²) >= 11 is 6.05. The highest BCUT2D eigenvalue weighted by molar-refractivity contribution is 9.11. The van der Waals surface area contributed by atoms with Gasteiger partial charge >= 0.3 is 18.5 Å². The molecule has 0 saturated heterocycles. The predicted octanol–water partition coefficient (Wildman–Crippen LogP) is 9.26. The van der Waals surface area contributed by atoms with Crippen LogP contribution in [0.1, 0.15) is 52.2 Å². The zero-order chi connectivity index (χ0) is 31.1. The summed E-state index contributed by atoms with van der Waals surface area (Å²) in [5, 5.41) is 0. The summed E-state index contributed by atoms with van der Waals surface area (Å²) in [5.41, 5.74) is -5.56. The molecule has 41 heavy (non-hydrogen) atoms. The van der Waals surface area contributed by atoms with Crippen molar-refractivity contribution in [2.45, 2.75) is 43.7 Å². The van der Waals surface area contributed by atoms with Crippen LogP contribution in [0.2, 0.25) is 0 Å². The maximum absolute atomic E-state index is 15.1. The molecule has 1 unspecified atom stereocenters. The number of Topliss-reactive ketones (excluding diaryl/α,β-unsaturated/α-hetero) is 1. The van der Waals surface area contributed by atoms with Crippen molar-refractivity contribution < 1.29 is 53.5 Å². The Balaban J connectivity index is 1.96. The minimum atomic E-state index is -5.26. The highest BCUT2D eigenvalue weighted by atomic mass is 79.9. The number of carbonyl (C=O) groups is 2. The molecule has 1 aliphatic carbocycles. The van der Waals surface area contributed by atoms with E-state index in [-0.39, 0.29) is 33.9 Å². The monoisotopic (exact) mass is 725 g/mol. The molecule has 0 aliphatic heterocycles. The molecule has 0 N–H and O–H groups in total. The molecule has 1 fully saturated rings. The van der Waals surface area contributed by atoms with Gasteiger partial charge in [0.25, 0.3) is 0 Å². The van der Waals surface area contributed by atoms with E-state index in [1.54, 1.807) is 0 Å². The first-order chi connectivity index (χ1) is 18.6. The topological polar surface area (TPSA) is 37.4 Å². The van der Waals surface area contributed by atoms with E-state index in [0.717, 1.165) is 19.2 Å². The minimum absolute atomic E-state index is 0.0267. The summed E-state index contributed by atoms with van der Waals surface area (Å²) in [6.07, 6.45) is -15.8. The first-order valence-electron chi connectivity index (χ1n) is 11.6. The molecule has 0 heterocycles. The average molecular weight is 727 g/mol. The summed E-state index contributed by atoms with van der Waals surface area (Å²) in [4.78, 5) is 25.7. The zero-order valence-electron chi connectivity index (χ0n) is 20.7. The number of hydrogen-bond donors (Lipinski definition) is 0. The first kappa shape index (κ1) is 33.1. The van der Waals surface area contributed by atoms with Crippen LogP contribution in [-0.4, -0.2) is 42.5 Å². The Morgan fingerprint density at radius 1 is 0.951 bits per heavy atom. The van der Waals surface area contributed by atoms with Crippen LogP contribution in [0.4, 0.5) is 43.9 Å². The number of amides is 1. The van der Waals surface area contributed by atoms with E-state index in [2.05, 4.69) is 31.9 Å². The van der Waals surface area contributed by atoms with E-state index in [9.17, 15) is 49.1 Å². The van der Waals surface area contributed by atoms with Crippen LogP contribution in [0.25, 0.3) is 5.83 Å². The van der Waals surface area contributed by atoms with Gasteiger partial charge in [0.05, 0.1) is 11.0 Å². The van der Waals surface area contributed by atoms with Gasteiger partial charge in [-0.05, 0) is 48.7 Å². The Morgan fingerprint density at radius 3 is 1.98 bits per heavy atom. The van der Waals surface area contributed by atoms with E-state index < -0.39 is 82.6 Å². The normalized spacial score (nSPS) is 16.4. The van der Waals surface area contributed by atoms with Gasteiger partial charge in [0.15, 0.2) is 5.78 Å². The number of halogens is 12. The summed E-state index contributed by atoms with van der Waals surface area (Å²) in [7, 11) is 0.854. The highest BCUT2D eigenvalue weighted by Crippen LogP contribution is 2.51. The number of ketones is 1. The van der Waals surface area contributed by atoms with Gasteiger partial charge in [-0.3, -0.25) is 9.59 Å². The van der Waals surface area contributed by atoms with E-state index in [1.807, 2.05) is 0 Å². The molecule has 15 heteroatoms. The van der Waals surface area contributed by atoms with Gasteiger partial charge in [-0.2, -0.15) is 39.5 Å². The summed E-state index contributed by atoms with van der Waals surface area (Å²) < 4.78 is 137. The number of rotatable bonds is 8. The second kappa shape index (κ2) is 11.7. The molecule has 0 radical (unpaired) electrons. The average Bonchev–Trinajstić information content (AvgIpc) is 3.58. The molecule has 1 amide bonds. The molecule has 0 bridgehead atoms. The summed E-state index contributed by atoms with van der Waals surface area (Å²) in [6, 6.07) is 5.01. The highest BCUT2D eigenvalue weighted by Gasteiger charge is 2.54. The molecular weight excluding hydrogens is 708 g/mol. The van der Waals surface area contributed by atoms with Gasteiger partial charge in [0.1, 0.15) is 18.3 Å². The third-order valence-corrected chi connectivity index (χ3v) is 7.30. The van der Waals surface area contributed by atoms with Crippen LogP contribution in [0, 0.1) is 5.41 Å². The maximum atomic E-state index is 15.1. The number of benzene rings is 2. The molecule has 1 aliphatic rings. The molecule has 3 rings (SSSR count). The Kier molecular flexibility index (Phi) is 9.44. The molecule has 1 saturated carbocycles. The van der Waals surface area contributed by atoms with Crippen molar-refractivity contribution in [3.8, 4) is 0 Å². The van der Waals surface area contributed by atoms with E-state index in [0.29, 0.717) is 17.0 Å². The van der Waals surface area contributed by atoms with Gasteiger partial charge < -0.3 is 4.90 Å². The van der Waals surface area contributed by atoms with Gasteiger partial charge in [-0.15, -0.1) is 0 Å². The molecule has 0 spiro atoms. The van der Waals surface area contributed by atoms with E-state index in [1.165, 1.54) is 6.07 Å². The van der Waals surface area contributed by atoms with Crippen LogP contribution in [0.15, 0.2) is 51.4 Å². The smallest absolute Gasteiger partial charge is 0.336 e. The van der Waals surface area contributed by atoms with Gasteiger partial charge in [0, 0.05) is 33.5 Å². The maximum Gasteiger partial charge on any atom is 0.417 e. The lowest BCUT2D eigenvalue weighted by atomic mass is 9.90. The Labute approximate surface area is 243 Å². The molecule has 224 valence electrons. The second-order valence-electron chi connectivity index (χ2n) is 9.65. The lowest BCUT2D eigenvalue weighted by molar-refractivity contribution is -0.161. The molecule has 3 nitrogen and oxygen atoms in total. The fourth-order valence-electron chi connectivity index (χ4n) is 4.31. The van der Waals surface area contributed by atoms with Crippen molar-refractivity contribution in [2.75, 3.05) is 13.6 Å². The van der Waals surface area contributed by atoms with Crippen molar-refractivity contribution in [1.82, 2.24) is 4.90 Å². The SMILES string of the molecule is CN(CC(F)(F)F)C(=O)C1(CC(=O)c2ccc(/C(F)=C/C(c3cc(Br)cc(Br)c3)C(F)(F)F)cc2C(F)(F)F)CC1. The van der Waals surface area contributed by atoms with E-state index in [4.69, 9.17) is 0 Å². The minimum Gasteiger partial charge on any atom is -0.336 e. The summed E-state index contributed by atoms with van der Waals surface area (Å²) in [6.45, 7) is -1.62. The fraction of sp³-hybridized carbons (Fsp3) is 0.385. The number of allylic oxidation sites excluding steroid dienone is 1. The Morgan fingerprint density at radius 2 is 1.51 bits per heavy atom. The number of carbonyl (C=O) groups excluding carboxylic acids is 2. The quantitative estimate of drug-likeness (QED) is 0.201. The Bertz CT molecular complexity index is 1340. The van der Waals surface area contributed by atoms with Gasteiger partial charge in [0.2, 0.25) is 5.91 Å². The van der Waals surface area contributed by atoms with Crippen LogP contribution in [0.5, 0.6) is 0 Å². The lowest BCUT2D eigenvalue weighted by Crippen LogP contribution is -2.41. The van der Waals surface area contributed by atoms with E-state index >= 15 is 4.39 Å². The van der Waals surface area contributed by atoms with Crippen molar-refractivity contribution in [3.05, 3.63) is 73.7 Å². The molecule has 1 atom stereocenters. The standard InChI is InChI=1S/C26H19Br2F10NO2/c1-39(12-24(30,31)32)22(41)23(4-5-23)11-21(40)17-3-2-13(8-19(17)26(36,37)38)20(29)10-18(25(33,34)35)14-6-15(27)9-16(28)7-14/h2-3,6-10,18H,4-5,11-12H2,1H3/b20-10-. The van der Waals surface area contributed by atoms with Gasteiger partial charge in [-0.1, -0.05) is 44.0 Å².